The maximum Gasteiger partial charge on any atom is 0.340 e. The second-order valence-corrected chi connectivity index (χ2v) is 6.22. The van der Waals surface area contributed by atoms with Gasteiger partial charge in [-0.2, -0.15) is 5.10 Å². The van der Waals surface area contributed by atoms with Gasteiger partial charge < -0.3 is 5.11 Å². The molecule has 0 aromatic carbocycles. The zero-order chi connectivity index (χ0) is 13.9. The summed E-state index contributed by atoms with van der Waals surface area (Å²) < 4.78 is 26.4. The van der Waals surface area contributed by atoms with Crippen molar-refractivity contribution in [2.75, 3.05) is 0 Å². The molecule has 0 aliphatic heterocycles. The molecular formula is C10H17N3O4S. The summed E-state index contributed by atoms with van der Waals surface area (Å²) in [6.45, 7) is 5.68. The lowest BCUT2D eigenvalue weighted by atomic mass is 10.1. The second-order valence-electron chi connectivity index (χ2n) is 4.57. The van der Waals surface area contributed by atoms with Gasteiger partial charge in [0, 0.05) is 6.04 Å². The summed E-state index contributed by atoms with van der Waals surface area (Å²) in [5.41, 5.74) is -0.362. The second kappa shape index (κ2) is 5.49. The van der Waals surface area contributed by atoms with E-state index in [-0.39, 0.29) is 11.6 Å². The normalized spacial score (nSPS) is 13.8. The van der Waals surface area contributed by atoms with E-state index in [0.29, 0.717) is 12.3 Å². The summed E-state index contributed by atoms with van der Waals surface area (Å²) in [5.74, 6) is -0.996. The lowest BCUT2D eigenvalue weighted by Gasteiger charge is -2.15. The number of rotatable bonds is 6. The van der Waals surface area contributed by atoms with Crippen LogP contribution in [0.15, 0.2) is 11.2 Å². The van der Waals surface area contributed by atoms with Gasteiger partial charge in [0.1, 0.15) is 5.56 Å². The summed E-state index contributed by atoms with van der Waals surface area (Å²) in [6.07, 6.45) is 1.64. The summed E-state index contributed by atoms with van der Waals surface area (Å²) >= 11 is 0. The summed E-state index contributed by atoms with van der Waals surface area (Å²) in [6, 6.07) is -0.278. The van der Waals surface area contributed by atoms with Crippen molar-refractivity contribution in [1.29, 1.82) is 0 Å². The van der Waals surface area contributed by atoms with Gasteiger partial charge in [0.25, 0.3) is 10.0 Å². The molecule has 8 heteroatoms. The number of aromatic amines is 1. The Labute approximate surface area is 106 Å². The van der Waals surface area contributed by atoms with Crippen LogP contribution in [0.2, 0.25) is 0 Å². The third-order valence-corrected chi connectivity index (χ3v) is 3.85. The van der Waals surface area contributed by atoms with Crippen LogP contribution in [-0.4, -0.2) is 35.7 Å². The third-order valence-electron chi connectivity index (χ3n) is 2.28. The zero-order valence-electron chi connectivity index (χ0n) is 10.5. The van der Waals surface area contributed by atoms with Crippen molar-refractivity contribution in [2.24, 2.45) is 5.92 Å². The number of nitrogens with one attached hydrogen (secondary N) is 2. The molecular weight excluding hydrogens is 258 g/mol. The van der Waals surface area contributed by atoms with Crippen molar-refractivity contribution in [2.45, 2.75) is 38.3 Å². The fourth-order valence-corrected chi connectivity index (χ4v) is 3.06. The molecule has 1 aromatic rings. The molecule has 3 N–H and O–H groups in total. The van der Waals surface area contributed by atoms with Gasteiger partial charge in [-0.1, -0.05) is 13.8 Å². The van der Waals surface area contributed by atoms with E-state index >= 15 is 0 Å². The van der Waals surface area contributed by atoms with E-state index in [1.807, 2.05) is 13.8 Å². The topological polar surface area (TPSA) is 112 Å². The number of carbonyl (C=O) groups is 1. The molecule has 0 aliphatic rings. The average Bonchev–Trinajstić information content (AvgIpc) is 2.63. The van der Waals surface area contributed by atoms with E-state index in [2.05, 4.69) is 14.9 Å². The quantitative estimate of drug-likeness (QED) is 0.711. The minimum Gasteiger partial charge on any atom is -0.478 e. The van der Waals surface area contributed by atoms with Crippen LogP contribution in [0.3, 0.4) is 0 Å². The molecule has 0 amide bonds. The van der Waals surface area contributed by atoms with E-state index in [1.54, 1.807) is 6.92 Å². The summed E-state index contributed by atoms with van der Waals surface area (Å²) in [7, 11) is -3.89. The van der Waals surface area contributed by atoms with Crippen LogP contribution in [0.25, 0.3) is 0 Å². The van der Waals surface area contributed by atoms with Gasteiger partial charge in [0.2, 0.25) is 0 Å². The average molecular weight is 275 g/mol. The molecule has 0 saturated heterocycles. The first kappa shape index (κ1) is 14.7. The first-order chi connectivity index (χ1) is 8.24. The van der Waals surface area contributed by atoms with Gasteiger partial charge in [-0.3, -0.25) is 5.10 Å². The van der Waals surface area contributed by atoms with Crippen LogP contribution in [0, 0.1) is 5.92 Å². The summed E-state index contributed by atoms with van der Waals surface area (Å²) in [4.78, 5) is 10.8. The van der Waals surface area contributed by atoms with Crippen LogP contribution in [0.1, 0.15) is 37.6 Å². The maximum absolute atomic E-state index is 12.0. The van der Waals surface area contributed by atoms with E-state index in [9.17, 15) is 13.2 Å². The first-order valence-corrected chi connectivity index (χ1v) is 7.01. The highest BCUT2D eigenvalue weighted by atomic mass is 32.2. The molecule has 0 spiro atoms. The zero-order valence-corrected chi connectivity index (χ0v) is 11.3. The lowest BCUT2D eigenvalue weighted by Crippen LogP contribution is -2.34. The van der Waals surface area contributed by atoms with Gasteiger partial charge in [-0.05, 0) is 19.3 Å². The van der Waals surface area contributed by atoms with Crippen LogP contribution in [0.5, 0.6) is 0 Å². The number of carboxylic acids is 1. The number of hydrogen-bond donors (Lipinski definition) is 3. The van der Waals surface area contributed by atoms with Crippen molar-refractivity contribution in [3.05, 3.63) is 11.8 Å². The molecule has 102 valence electrons. The van der Waals surface area contributed by atoms with Gasteiger partial charge in [-0.15, -0.1) is 0 Å². The molecule has 0 radical (unpaired) electrons. The summed E-state index contributed by atoms with van der Waals surface area (Å²) in [5, 5.41) is 14.1. The molecule has 7 nitrogen and oxygen atoms in total. The lowest BCUT2D eigenvalue weighted by molar-refractivity contribution is 0.0692. The van der Waals surface area contributed by atoms with Crippen molar-refractivity contribution >= 4 is 16.0 Å². The van der Waals surface area contributed by atoms with Crippen molar-refractivity contribution in [3.63, 3.8) is 0 Å². The maximum atomic E-state index is 12.0. The number of nitrogens with zero attached hydrogens (tertiary/aromatic N) is 1. The van der Waals surface area contributed by atoms with Gasteiger partial charge >= 0.3 is 5.97 Å². The van der Waals surface area contributed by atoms with Crippen LogP contribution < -0.4 is 4.72 Å². The predicted molar refractivity (Wildman–Crippen MR) is 64.8 cm³/mol. The van der Waals surface area contributed by atoms with E-state index in [0.717, 1.165) is 6.20 Å². The number of hydrogen-bond acceptors (Lipinski definition) is 4. The molecule has 1 atom stereocenters. The Morgan fingerprint density at radius 2 is 2.11 bits per heavy atom. The molecule has 1 heterocycles. The fourth-order valence-electron chi connectivity index (χ4n) is 1.71. The molecule has 1 unspecified atom stereocenters. The molecule has 0 saturated carbocycles. The standard InChI is InChI=1S/C10H17N3O4S/c1-6(2)4-7(3)13-18(16,17)9-8(10(14)15)5-11-12-9/h5-7,13H,4H2,1-3H3,(H,11,12)(H,14,15). The number of H-pyrrole nitrogens is 1. The minimum atomic E-state index is -3.89. The first-order valence-electron chi connectivity index (χ1n) is 5.53. The number of aromatic carboxylic acids is 1. The van der Waals surface area contributed by atoms with E-state index in [1.165, 1.54) is 0 Å². The molecule has 18 heavy (non-hydrogen) atoms. The Hall–Kier alpha value is -1.41. The Kier molecular flexibility index (Phi) is 4.47. The van der Waals surface area contributed by atoms with Crippen molar-refractivity contribution < 1.29 is 18.3 Å². The van der Waals surface area contributed by atoms with Crippen molar-refractivity contribution in [1.82, 2.24) is 14.9 Å². The fraction of sp³-hybridized carbons (Fsp3) is 0.600. The molecule has 0 fully saturated rings. The SMILES string of the molecule is CC(C)CC(C)NS(=O)(=O)c1[nH]ncc1C(=O)O. The van der Waals surface area contributed by atoms with Crippen LogP contribution >= 0.6 is 0 Å². The van der Waals surface area contributed by atoms with E-state index < -0.39 is 21.0 Å². The van der Waals surface area contributed by atoms with E-state index in [4.69, 9.17) is 5.11 Å². The highest BCUT2D eigenvalue weighted by molar-refractivity contribution is 7.89. The number of aromatic nitrogens is 2. The molecule has 1 rings (SSSR count). The van der Waals surface area contributed by atoms with Crippen LogP contribution in [0.4, 0.5) is 0 Å². The van der Waals surface area contributed by atoms with Gasteiger partial charge in [0.15, 0.2) is 5.03 Å². The minimum absolute atomic E-state index is 0.278. The number of carboxylic acid groups (broad SMARTS) is 1. The highest BCUT2D eigenvalue weighted by Crippen LogP contribution is 2.13. The largest absolute Gasteiger partial charge is 0.478 e. The molecule has 0 aliphatic carbocycles. The number of sulfonamides is 1. The van der Waals surface area contributed by atoms with Gasteiger partial charge in [-0.25, -0.2) is 17.9 Å². The Morgan fingerprint density at radius 3 is 2.61 bits per heavy atom. The monoisotopic (exact) mass is 275 g/mol. The van der Waals surface area contributed by atoms with Crippen LogP contribution in [-0.2, 0) is 10.0 Å². The predicted octanol–water partition coefficient (Wildman–Crippen LogP) is 0.821. The molecule has 1 aromatic heterocycles. The molecule has 0 bridgehead atoms. The third kappa shape index (κ3) is 3.54. The Bertz CT molecular complexity index is 521. The Morgan fingerprint density at radius 1 is 1.50 bits per heavy atom. The Balaban J connectivity index is 2.93. The highest BCUT2D eigenvalue weighted by Gasteiger charge is 2.26. The van der Waals surface area contributed by atoms with Gasteiger partial charge in [0.05, 0.1) is 6.20 Å². The smallest absolute Gasteiger partial charge is 0.340 e. The van der Waals surface area contributed by atoms with Crippen molar-refractivity contribution in [3.8, 4) is 0 Å².